The van der Waals surface area contributed by atoms with Crippen molar-refractivity contribution >= 4 is 11.7 Å². The van der Waals surface area contributed by atoms with Crippen LogP contribution >= 0.6 is 0 Å². The molecule has 1 fully saturated rings. The van der Waals surface area contributed by atoms with Gasteiger partial charge in [-0.15, -0.1) is 0 Å². The number of para-hydroxylation sites is 1. The van der Waals surface area contributed by atoms with Crippen LogP contribution in [0.1, 0.15) is 34.1 Å². The molecule has 24 heavy (non-hydrogen) atoms. The van der Waals surface area contributed by atoms with Gasteiger partial charge in [-0.1, -0.05) is 45.9 Å². The highest BCUT2D eigenvalue weighted by atomic mass is 16.3. The van der Waals surface area contributed by atoms with Gasteiger partial charge in [-0.25, -0.2) is 4.79 Å². The van der Waals surface area contributed by atoms with Crippen molar-refractivity contribution in [3.8, 4) is 0 Å². The third-order valence-electron chi connectivity index (χ3n) is 4.78. The Kier molecular flexibility index (Phi) is 6.10. The first-order chi connectivity index (χ1) is 11.3. The topological polar surface area (TPSA) is 64.6 Å². The molecule has 1 aromatic carbocycles. The van der Waals surface area contributed by atoms with Gasteiger partial charge in [-0.3, -0.25) is 0 Å². The van der Waals surface area contributed by atoms with E-state index in [1.807, 2.05) is 45.9 Å². The summed E-state index contributed by atoms with van der Waals surface area (Å²) < 4.78 is 0. The zero-order valence-electron chi connectivity index (χ0n) is 15.2. The molecule has 1 heterocycles. The van der Waals surface area contributed by atoms with Crippen LogP contribution < -0.4 is 15.5 Å². The molecule has 1 aliphatic heterocycles. The summed E-state index contributed by atoms with van der Waals surface area (Å²) in [4.78, 5) is 14.4. The minimum absolute atomic E-state index is 0.154. The number of nitrogens with zero attached hydrogens (tertiary/aromatic N) is 1. The van der Waals surface area contributed by atoms with E-state index in [2.05, 4.69) is 27.7 Å². The van der Waals surface area contributed by atoms with Crippen molar-refractivity contribution < 1.29 is 9.90 Å². The molecule has 2 unspecified atom stereocenters. The molecule has 5 heteroatoms. The third-order valence-corrected chi connectivity index (χ3v) is 4.78. The van der Waals surface area contributed by atoms with Crippen LogP contribution in [0.4, 0.5) is 10.5 Å². The quantitative estimate of drug-likeness (QED) is 0.750. The summed E-state index contributed by atoms with van der Waals surface area (Å²) in [5.74, 6) is 0.166. The first kappa shape index (κ1) is 18.6. The maximum Gasteiger partial charge on any atom is 0.315 e. The van der Waals surface area contributed by atoms with Crippen molar-refractivity contribution in [2.45, 2.75) is 46.3 Å². The lowest BCUT2D eigenvalue weighted by Crippen LogP contribution is -2.49. The van der Waals surface area contributed by atoms with E-state index in [1.54, 1.807) is 0 Å². The summed E-state index contributed by atoms with van der Waals surface area (Å²) in [5, 5.41) is 16.2. The summed E-state index contributed by atoms with van der Waals surface area (Å²) >= 11 is 0. The van der Waals surface area contributed by atoms with Crippen LogP contribution in [-0.4, -0.2) is 42.9 Å². The summed E-state index contributed by atoms with van der Waals surface area (Å²) in [6.45, 7) is 10.2. The summed E-state index contributed by atoms with van der Waals surface area (Å²) in [7, 11) is 0. The number of nitrogens with one attached hydrogen (secondary N) is 2. The van der Waals surface area contributed by atoms with Crippen molar-refractivity contribution in [3.05, 3.63) is 30.3 Å². The van der Waals surface area contributed by atoms with Gasteiger partial charge < -0.3 is 20.6 Å². The van der Waals surface area contributed by atoms with Gasteiger partial charge in [-0.2, -0.15) is 0 Å². The predicted octanol–water partition coefficient (Wildman–Crippen LogP) is 2.61. The number of urea groups is 1. The van der Waals surface area contributed by atoms with Gasteiger partial charge in [0.2, 0.25) is 0 Å². The Morgan fingerprint density at radius 1 is 1.33 bits per heavy atom. The van der Waals surface area contributed by atoms with Crippen LogP contribution in [0.5, 0.6) is 0 Å². The van der Waals surface area contributed by atoms with Crippen LogP contribution in [-0.2, 0) is 0 Å². The molecule has 0 aromatic heterocycles. The van der Waals surface area contributed by atoms with E-state index in [1.165, 1.54) is 5.69 Å². The minimum atomic E-state index is -0.446. The fourth-order valence-corrected chi connectivity index (χ4v) is 3.30. The first-order valence-electron chi connectivity index (χ1n) is 8.82. The molecule has 1 aliphatic rings. The second-order valence-electron chi connectivity index (χ2n) is 7.77. The molecule has 134 valence electrons. The SMILES string of the molecule is CC(C)C(O)C(C)(C)CNC(=O)NC1CCN(c2ccccc2)C1. The Labute approximate surface area is 145 Å². The largest absolute Gasteiger partial charge is 0.392 e. The van der Waals surface area contributed by atoms with E-state index >= 15 is 0 Å². The van der Waals surface area contributed by atoms with Gasteiger partial charge >= 0.3 is 6.03 Å². The van der Waals surface area contributed by atoms with Gasteiger partial charge in [0, 0.05) is 36.8 Å². The lowest BCUT2D eigenvalue weighted by molar-refractivity contribution is 0.0151. The molecular formula is C19H31N3O2. The van der Waals surface area contributed by atoms with Crippen LogP contribution in [0.15, 0.2) is 30.3 Å². The molecule has 2 atom stereocenters. The molecule has 1 aromatic rings. The standard InChI is InChI=1S/C19H31N3O2/c1-14(2)17(23)19(3,4)13-20-18(24)21-15-10-11-22(12-15)16-8-6-5-7-9-16/h5-9,14-15,17,23H,10-13H2,1-4H3,(H2,20,21,24). The maximum absolute atomic E-state index is 12.2. The number of amides is 2. The number of hydrogen-bond donors (Lipinski definition) is 3. The molecule has 0 spiro atoms. The molecule has 0 saturated carbocycles. The molecule has 0 bridgehead atoms. The highest BCUT2D eigenvalue weighted by Crippen LogP contribution is 2.25. The average molecular weight is 333 g/mol. The number of anilines is 1. The number of carbonyl (C=O) groups excluding carboxylic acids is 1. The zero-order chi connectivity index (χ0) is 17.7. The van der Waals surface area contributed by atoms with E-state index in [9.17, 15) is 9.90 Å². The number of carbonyl (C=O) groups is 1. The van der Waals surface area contributed by atoms with Gasteiger partial charge in [0.05, 0.1) is 6.10 Å². The van der Waals surface area contributed by atoms with Crippen LogP contribution in [0.3, 0.4) is 0 Å². The summed E-state index contributed by atoms with van der Waals surface area (Å²) in [6, 6.07) is 10.3. The number of aliphatic hydroxyl groups is 1. The van der Waals surface area contributed by atoms with E-state index < -0.39 is 6.10 Å². The Bertz CT molecular complexity index is 531. The lowest BCUT2D eigenvalue weighted by Gasteiger charge is -2.33. The van der Waals surface area contributed by atoms with E-state index in [-0.39, 0.29) is 23.4 Å². The monoisotopic (exact) mass is 333 g/mol. The Morgan fingerprint density at radius 2 is 2.00 bits per heavy atom. The van der Waals surface area contributed by atoms with Gasteiger partial charge in [0.15, 0.2) is 0 Å². The van der Waals surface area contributed by atoms with Crippen molar-refractivity contribution in [2.75, 3.05) is 24.5 Å². The Hall–Kier alpha value is -1.75. The molecule has 0 aliphatic carbocycles. The number of aliphatic hydroxyl groups excluding tert-OH is 1. The lowest BCUT2D eigenvalue weighted by atomic mass is 9.81. The molecule has 5 nitrogen and oxygen atoms in total. The van der Waals surface area contributed by atoms with Crippen LogP contribution in [0.2, 0.25) is 0 Å². The molecule has 1 saturated heterocycles. The Balaban J connectivity index is 1.77. The molecule has 2 rings (SSSR count). The van der Waals surface area contributed by atoms with Gasteiger partial charge in [0.1, 0.15) is 0 Å². The molecular weight excluding hydrogens is 302 g/mol. The molecule has 0 radical (unpaired) electrons. The Morgan fingerprint density at radius 3 is 2.62 bits per heavy atom. The number of hydrogen-bond acceptors (Lipinski definition) is 3. The predicted molar refractivity (Wildman–Crippen MR) is 98.2 cm³/mol. The normalized spacial score (nSPS) is 19.4. The van der Waals surface area contributed by atoms with Crippen molar-refractivity contribution in [1.29, 1.82) is 0 Å². The first-order valence-corrected chi connectivity index (χ1v) is 8.82. The third kappa shape index (κ3) is 4.87. The van der Waals surface area contributed by atoms with Gasteiger partial charge in [0.25, 0.3) is 0 Å². The van der Waals surface area contributed by atoms with Gasteiger partial charge in [-0.05, 0) is 24.5 Å². The summed E-state index contributed by atoms with van der Waals surface area (Å²) in [6.07, 6.45) is 0.498. The average Bonchev–Trinajstić information content (AvgIpc) is 3.01. The fraction of sp³-hybridized carbons (Fsp3) is 0.632. The van der Waals surface area contributed by atoms with E-state index in [0.29, 0.717) is 6.54 Å². The molecule has 3 N–H and O–H groups in total. The zero-order valence-corrected chi connectivity index (χ0v) is 15.2. The number of benzene rings is 1. The van der Waals surface area contributed by atoms with E-state index in [4.69, 9.17) is 0 Å². The second-order valence-corrected chi connectivity index (χ2v) is 7.77. The smallest absolute Gasteiger partial charge is 0.315 e. The van der Waals surface area contributed by atoms with Crippen LogP contribution in [0, 0.1) is 11.3 Å². The minimum Gasteiger partial charge on any atom is -0.392 e. The van der Waals surface area contributed by atoms with Crippen LogP contribution in [0.25, 0.3) is 0 Å². The molecule has 2 amide bonds. The second kappa shape index (κ2) is 7.88. The maximum atomic E-state index is 12.2. The fourth-order valence-electron chi connectivity index (χ4n) is 3.30. The van der Waals surface area contributed by atoms with Crippen molar-refractivity contribution in [3.63, 3.8) is 0 Å². The number of rotatable bonds is 6. The highest BCUT2D eigenvalue weighted by molar-refractivity contribution is 5.74. The summed E-state index contributed by atoms with van der Waals surface area (Å²) in [5.41, 5.74) is 0.848. The van der Waals surface area contributed by atoms with Crippen molar-refractivity contribution in [1.82, 2.24) is 10.6 Å². The van der Waals surface area contributed by atoms with Crippen molar-refractivity contribution in [2.24, 2.45) is 11.3 Å². The highest BCUT2D eigenvalue weighted by Gasteiger charge is 2.31. The van der Waals surface area contributed by atoms with E-state index in [0.717, 1.165) is 19.5 Å².